The lowest BCUT2D eigenvalue weighted by atomic mass is 9.88. The van der Waals surface area contributed by atoms with Gasteiger partial charge in [-0.05, 0) is 44.1 Å². The maximum absolute atomic E-state index is 12.7. The Labute approximate surface area is 152 Å². The Morgan fingerprint density at radius 3 is 2.44 bits per heavy atom. The van der Waals surface area contributed by atoms with E-state index in [1.807, 2.05) is 6.92 Å². The van der Waals surface area contributed by atoms with E-state index in [2.05, 4.69) is 16.0 Å². The summed E-state index contributed by atoms with van der Waals surface area (Å²) in [6.07, 6.45) is 0. The van der Waals surface area contributed by atoms with Crippen molar-refractivity contribution in [2.75, 3.05) is 30.3 Å². The smallest absolute Gasteiger partial charge is 0.341 e. The third-order valence-electron chi connectivity index (χ3n) is 4.11. The van der Waals surface area contributed by atoms with Gasteiger partial charge in [0.2, 0.25) is 15.7 Å². The number of amides is 1. The Kier molecular flexibility index (Phi) is 7.58. The molecule has 25 heavy (non-hydrogen) atoms. The summed E-state index contributed by atoms with van der Waals surface area (Å²) >= 11 is 0. The van der Waals surface area contributed by atoms with Crippen LogP contribution in [0.15, 0.2) is 23.1 Å². The standard InChI is InChI=1S/C15H21F2N3O3S.ClH/c1-3-19-12-5-4-11(24(22,23)15(16)17)6-13(12)20-14(21)9(2)10-7-18-8-10;/h4-6,9-10,15,18-19H,3,7-8H2,1-2H3,(H,20,21);1H. The molecule has 3 N–H and O–H groups in total. The fraction of sp³-hybridized carbons (Fsp3) is 0.533. The lowest BCUT2D eigenvalue weighted by Crippen LogP contribution is -2.48. The maximum atomic E-state index is 12.7. The third-order valence-corrected chi connectivity index (χ3v) is 5.49. The second-order valence-corrected chi connectivity index (χ2v) is 7.66. The van der Waals surface area contributed by atoms with Crippen LogP contribution in [0.4, 0.5) is 20.2 Å². The number of anilines is 2. The highest BCUT2D eigenvalue weighted by molar-refractivity contribution is 7.91. The van der Waals surface area contributed by atoms with E-state index in [0.717, 1.165) is 25.2 Å². The number of carbonyl (C=O) groups is 1. The van der Waals surface area contributed by atoms with Crippen LogP contribution in [0.2, 0.25) is 0 Å². The number of carbonyl (C=O) groups excluding carboxylic acids is 1. The maximum Gasteiger partial charge on any atom is 0.341 e. The van der Waals surface area contributed by atoms with Crippen LogP contribution >= 0.6 is 12.4 Å². The molecule has 1 fully saturated rings. The average molecular weight is 398 g/mol. The van der Waals surface area contributed by atoms with Crippen molar-refractivity contribution in [3.63, 3.8) is 0 Å². The summed E-state index contributed by atoms with van der Waals surface area (Å²) in [6.45, 7) is 5.64. The second kappa shape index (κ2) is 8.77. The van der Waals surface area contributed by atoms with Gasteiger partial charge in [-0.2, -0.15) is 8.78 Å². The van der Waals surface area contributed by atoms with Crippen LogP contribution in [0.25, 0.3) is 0 Å². The second-order valence-electron chi connectivity index (χ2n) is 5.74. The molecule has 1 amide bonds. The summed E-state index contributed by atoms with van der Waals surface area (Å²) < 4.78 is 48.8. The molecule has 0 aromatic heterocycles. The summed E-state index contributed by atoms with van der Waals surface area (Å²) in [4.78, 5) is 11.8. The minimum Gasteiger partial charge on any atom is -0.384 e. The van der Waals surface area contributed by atoms with Crippen LogP contribution in [0, 0.1) is 11.8 Å². The van der Waals surface area contributed by atoms with Crippen molar-refractivity contribution < 1.29 is 22.0 Å². The van der Waals surface area contributed by atoms with E-state index in [1.165, 1.54) is 6.07 Å². The van der Waals surface area contributed by atoms with Crippen molar-refractivity contribution in [2.45, 2.75) is 24.5 Å². The summed E-state index contributed by atoms with van der Waals surface area (Å²) in [5.74, 6) is -3.84. The van der Waals surface area contributed by atoms with Crippen LogP contribution in [0.1, 0.15) is 13.8 Å². The molecular formula is C15H22ClF2N3O3S. The zero-order valence-electron chi connectivity index (χ0n) is 13.9. The van der Waals surface area contributed by atoms with Gasteiger partial charge >= 0.3 is 5.76 Å². The number of sulfone groups is 1. The van der Waals surface area contributed by atoms with Gasteiger partial charge in [-0.1, -0.05) is 6.92 Å². The topological polar surface area (TPSA) is 87.3 Å². The minimum absolute atomic E-state index is 0. The van der Waals surface area contributed by atoms with Gasteiger partial charge in [0.15, 0.2) is 0 Å². The molecule has 6 nitrogen and oxygen atoms in total. The summed E-state index contributed by atoms with van der Waals surface area (Å²) in [5.41, 5.74) is 0.667. The van der Waals surface area contributed by atoms with Gasteiger partial charge in [0, 0.05) is 12.5 Å². The molecule has 10 heteroatoms. The summed E-state index contributed by atoms with van der Waals surface area (Å²) in [7, 11) is -4.72. The first-order valence-corrected chi connectivity index (χ1v) is 9.23. The molecule has 1 aliphatic heterocycles. The molecule has 0 aliphatic carbocycles. The fourth-order valence-electron chi connectivity index (χ4n) is 2.38. The first-order chi connectivity index (χ1) is 11.3. The van der Waals surface area contributed by atoms with E-state index in [9.17, 15) is 22.0 Å². The van der Waals surface area contributed by atoms with Crippen LogP contribution in [0.5, 0.6) is 0 Å². The molecule has 1 saturated heterocycles. The number of hydrogen-bond acceptors (Lipinski definition) is 5. The number of alkyl halides is 2. The normalized spacial score (nSPS) is 15.9. The van der Waals surface area contributed by atoms with Gasteiger partial charge in [-0.3, -0.25) is 4.79 Å². The summed E-state index contributed by atoms with van der Waals surface area (Å²) in [5, 5.41) is 8.71. The predicted molar refractivity (Wildman–Crippen MR) is 95.2 cm³/mol. The Balaban J connectivity index is 0.00000312. The first-order valence-electron chi connectivity index (χ1n) is 7.69. The van der Waals surface area contributed by atoms with E-state index in [-0.39, 0.29) is 35.8 Å². The average Bonchev–Trinajstić information content (AvgIpc) is 2.47. The Bertz CT molecular complexity index is 712. The van der Waals surface area contributed by atoms with Gasteiger partial charge in [0.05, 0.1) is 16.3 Å². The quantitative estimate of drug-likeness (QED) is 0.657. The highest BCUT2D eigenvalue weighted by Gasteiger charge is 2.30. The van der Waals surface area contributed by atoms with Gasteiger partial charge in [0.25, 0.3) is 0 Å². The largest absolute Gasteiger partial charge is 0.384 e. The lowest BCUT2D eigenvalue weighted by Gasteiger charge is -2.31. The van der Waals surface area contributed by atoms with Gasteiger partial charge in [0.1, 0.15) is 0 Å². The van der Waals surface area contributed by atoms with Crippen molar-refractivity contribution in [3.8, 4) is 0 Å². The van der Waals surface area contributed by atoms with Crippen molar-refractivity contribution in [1.82, 2.24) is 5.32 Å². The fourth-order valence-corrected chi connectivity index (χ4v) is 3.12. The molecule has 1 aromatic rings. The van der Waals surface area contributed by atoms with Crippen molar-refractivity contribution in [3.05, 3.63) is 18.2 Å². The van der Waals surface area contributed by atoms with E-state index in [0.29, 0.717) is 12.2 Å². The SMILES string of the molecule is CCNc1ccc(S(=O)(=O)C(F)F)cc1NC(=O)C(C)C1CNC1.Cl. The predicted octanol–water partition coefficient (Wildman–Crippen LogP) is 2.33. The molecule has 0 radical (unpaired) electrons. The van der Waals surface area contributed by atoms with Gasteiger partial charge < -0.3 is 16.0 Å². The molecule has 142 valence electrons. The highest BCUT2D eigenvalue weighted by Crippen LogP contribution is 2.29. The molecule has 1 aliphatic rings. The molecule has 0 spiro atoms. The molecular weight excluding hydrogens is 376 g/mol. The molecule has 1 heterocycles. The zero-order chi connectivity index (χ0) is 17.9. The van der Waals surface area contributed by atoms with Crippen LogP contribution in [-0.2, 0) is 14.6 Å². The Morgan fingerprint density at radius 2 is 1.96 bits per heavy atom. The third kappa shape index (κ3) is 4.80. The molecule has 0 bridgehead atoms. The minimum atomic E-state index is -4.72. The number of rotatable bonds is 7. The molecule has 1 unspecified atom stereocenters. The van der Waals surface area contributed by atoms with Crippen LogP contribution < -0.4 is 16.0 Å². The van der Waals surface area contributed by atoms with Crippen LogP contribution in [0.3, 0.4) is 0 Å². The van der Waals surface area contributed by atoms with Gasteiger partial charge in [-0.15, -0.1) is 12.4 Å². The first kappa shape index (κ1) is 21.6. The molecule has 0 saturated carbocycles. The number of nitrogens with one attached hydrogen (secondary N) is 3. The van der Waals surface area contributed by atoms with E-state index < -0.39 is 20.5 Å². The van der Waals surface area contributed by atoms with Crippen LogP contribution in [-0.4, -0.2) is 39.7 Å². The molecule has 2 rings (SSSR count). The number of hydrogen-bond donors (Lipinski definition) is 3. The lowest BCUT2D eigenvalue weighted by molar-refractivity contribution is -0.121. The monoisotopic (exact) mass is 397 g/mol. The van der Waals surface area contributed by atoms with E-state index in [4.69, 9.17) is 0 Å². The number of benzene rings is 1. The zero-order valence-corrected chi connectivity index (χ0v) is 15.5. The molecule has 1 atom stereocenters. The molecule has 1 aromatic carbocycles. The van der Waals surface area contributed by atoms with E-state index in [1.54, 1.807) is 6.92 Å². The highest BCUT2D eigenvalue weighted by atomic mass is 35.5. The Hall–Kier alpha value is -1.45. The Morgan fingerprint density at radius 1 is 1.32 bits per heavy atom. The van der Waals surface area contributed by atoms with E-state index >= 15 is 0 Å². The van der Waals surface area contributed by atoms with Crippen molar-refractivity contribution in [2.24, 2.45) is 11.8 Å². The van der Waals surface area contributed by atoms with Crippen molar-refractivity contribution >= 4 is 39.5 Å². The van der Waals surface area contributed by atoms with Crippen molar-refractivity contribution in [1.29, 1.82) is 0 Å². The summed E-state index contributed by atoms with van der Waals surface area (Å²) in [6, 6.07) is 3.56. The number of halogens is 3. The van der Waals surface area contributed by atoms with Gasteiger partial charge in [-0.25, -0.2) is 8.42 Å².